The molecule has 0 aromatic heterocycles. The van der Waals surface area contributed by atoms with E-state index in [4.69, 9.17) is 5.11 Å². The summed E-state index contributed by atoms with van der Waals surface area (Å²) in [6.45, 7) is -0.452. The molecule has 2 aromatic rings. The summed E-state index contributed by atoms with van der Waals surface area (Å²) in [5.74, 6) is -0.768. The molecule has 1 amide bonds. The number of benzene rings is 2. The normalized spacial score (nSPS) is 17.1. The van der Waals surface area contributed by atoms with Crippen molar-refractivity contribution in [2.45, 2.75) is 41.7 Å². The number of aliphatic hydroxyl groups is 1. The van der Waals surface area contributed by atoms with Crippen LogP contribution in [0.15, 0.2) is 47.4 Å². The third-order valence-corrected chi connectivity index (χ3v) is 7.37. The highest BCUT2D eigenvalue weighted by Gasteiger charge is 2.71. The number of hydrogen-bond donors (Lipinski definition) is 3. The zero-order valence-corrected chi connectivity index (χ0v) is 18.2. The van der Waals surface area contributed by atoms with Gasteiger partial charge in [0, 0.05) is 12.1 Å². The Morgan fingerprint density at radius 2 is 1.60 bits per heavy atom. The lowest BCUT2D eigenvalue weighted by atomic mass is 9.88. The molecule has 0 aliphatic carbocycles. The molecule has 192 valence electrons. The first-order valence-corrected chi connectivity index (χ1v) is 11.2. The van der Waals surface area contributed by atoms with Gasteiger partial charge in [0.2, 0.25) is 0 Å². The Balaban J connectivity index is 2.17. The van der Waals surface area contributed by atoms with E-state index >= 15 is 0 Å². The zero-order chi connectivity index (χ0) is 26.4. The van der Waals surface area contributed by atoms with Crippen LogP contribution in [0.25, 0.3) is 0 Å². The number of anilines is 1. The van der Waals surface area contributed by atoms with Crippen molar-refractivity contribution in [1.29, 1.82) is 0 Å². The van der Waals surface area contributed by atoms with Crippen LogP contribution in [0.3, 0.4) is 0 Å². The summed E-state index contributed by atoms with van der Waals surface area (Å²) >= 11 is 0. The number of nitrogens with zero attached hydrogens (tertiary/aromatic N) is 1. The molecule has 3 rings (SSSR count). The molecule has 1 aliphatic heterocycles. The third-order valence-electron chi connectivity index (χ3n) is 5.49. The predicted molar refractivity (Wildman–Crippen MR) is 107 cm³/mol. The molecule has 2 aromatic carbocycles. The Morgan fingerprint density at radius 1 is 1.03 bits per heavy atom. The second kappa shape index (κ2) is 8.86. The van der Waals surface area contributed by atoms with Crippen molar-refractivity contribution in [2.24, 2.45) is 0 Å². The van der Waals surface area contributed by atoms with Gasteiger partial charge in [0.25, 0.3) is 15.6 Å². The number of aryl methyl sites for hydroxylation is 1. The minimum atomic E-state index is -6.14. The number of hydrogen-bond acceptors (Lipinski definition) is 4. The number of carbonyl (C=O) groups is 1. The van der Waals surface area contributed by atoms with Crippen molar-refractivity contribution in [3.63, 3.8) is 0 Å². The highest BCUT2D eigenvalue weighted by molar-refractivity contribution is 7.92. The minimum Gasteiger partial charge on any atom is -0.465 e. The van der Waals surface area contributed by atoms with Gasteiger partial charge < -0.3 is 15.5 Å². The maximum atomic E-state index is 13.3. The van der Waals surface area contributed by atoms with E-state index in [1.807, 2.05) is 5.32 Å². The fraction of sp³-hybridized carbons (Fsp3) is 0.350. The Morgan fingerprint density at radius 3 is 2.11 bits per heavy atom. The molecule has 15 heteroatoms. The second-order valence-electron chi connectivity index (χ2n) is 7.68. The molecule has 1 unspecified atom stereocenters. The fourth-order valence-electron chi connectivity index (χ4n) is 3.79. The Hall–Kier alpha value is -3.07. The van der Waals surface area contributed by atoms with Gasteiger partial charge in [-0.15, -0.1) is 0 Å². The van der Waals surface area contributed by atoms with E-state index in [1.54, 1.807) is 0 Å². The zero-order valence-electron chi connectivity index (χ0n) is 17.4. The number of fused-ring (bicyclic) bond motifs is 1. The maximum absolute atomic E-state index is 13.3. The summed E-state index contributed by atoms with van der Waals surface area (Å²) in [4.78, 5) is 10.5. The van der Waals surface area contributed by atoms with Crippen molar-refractivity contribution in [3.8, 4) is 0 Å². The average molecular weight is 530 g/mol. The summed E-state index contributed by atoms with van der Waals surface area (Å²) in [5.41, 5.74) is -7.34. The number of halogens is 7. The van der Waals surface area contributed by atoms with E-state index < -0.39 is 62.9 Å². The van der Waals surface area contributed by atoms with E-state index in [-0.39, 0.29) is 24.1 Å². The van der Waals surface area contributed by atoms with Crippen molar-refractivity contribution in [2.75, 3.05) is 10.8 Å². The summed E-state index contributed by atoms with van der Waals surface area (Å²) in [6, 6.07) is 3.77. The van der Waals surface area contributed by atoms with Crippen LogP contribution in [0.4, 0.5) is 41.2 Å². The summed E-state index contributed by atoms with van der Waals surface area (Å²) in [5, 5.41) is 20.6. The third kappa shape index (κ3) is 4.74. The van der Waals surface area contributed by atoms with E-state index in [2.05, 4.69) is 0 Å². The molecule has 1 heterocycles. The van der Waals surface area contributed by atoms with Gasteiger partial charge >= 0.3 is 18.4 Å². The highest BCUT2D eigenvalue weighted by atomic mass is 32.2. The van der Waals surface area contributed by atoms with Gasteiger partial charge in [-0.3, -0.25) is 4.31 Å². The number of amides is 1. The first kappa shape index (κ1) is 26.5. The van der Waals surface area contributed by atoms with Crippen molar-refractivity contribution >= 4 is 21.8 Å². The van der Waals surface area contributed by atoms with Gasteiger partial charge in [-0.1, -0.05) is 12.1 Å². The van der Waals surface area contributed by atoms with Crippen LogP contribution in [-0.2, 0) is 22.0 Å². The minimum absolute atomic E-state index is 0.187. The summed E-state index contributed by atoms with van der Waals surface area (Å²) in [6.07, 6.45) is -14.2. The molecule has 0 bridgehead atoms. The second-order valence-corrected chi connectivity index (χ2v) is 9.50. The van der Waals surface area contributed by atoms with Crippen molar-refractivity contribution in [3.05, 3.63) is 59.4 Å². The van der Waals surface area contributed by atoms with Gasteiger partial charge in [-0.25, -0.2) is 17.6 Å². The average Bonchev–Trinajstić information content (AvgIpc) is 2.74. The molecular formula is C20H17F7N2O5S. The van der Waals surface area contributed by atoms with Crippen LogP contribution in [0.5, 0.6) is 0 Å². The van der Waals surface area contributed by atoms with Crippen LogP contribution in [0.2, 0.25) is 0 Å². The predicted octanol–water partition coefficient (Wildman–Crippen LogP) is 3.92. The van der Waals surface area contributed by atoms with E-state index in [0.29, 0.717) is 22.5 Å². The molecule has 1 aliphatic rings. The van der Waals surface area contributed by atoms with Gasteiger partial charge in [0.05, 0.1) is 16.6 Å². The van der Waals surface area contributed by atoms with Gasteiger partial charge in [0.15, 0.2) is 0 Å². The topological polar surface area (TPSA) is 107 Å². The fourth-order valence-corrected chi connectivity index (χ4v) is 5.50. The van der Waals surface area contributed by atoms with Crippen molar-refractivity contribution in [1.82, 2.24) is 5.32 Å². The van der Waals surface area contributed by atoms with Gasteiger partial charge in [0.1, 0.15) is 5.82 Å². The lowest BCUT2D eigenvalue weighted by Gasteiger charge is -2.39. The quantitative estimate of drug-likeness (QED) is 0.509. The molecule has 0 saturated heterocycles. The van der Waals surface area contributed by atoms with E-state index in [0.717, 1.165) is 24.3 Å². The Kier molecular flexibility index (Phi) is 6.71. The monoisotopic (exact) mass is 530 g/mol. The first-order valence-electron chi connectivity index (χ1n) is 9.76. The number of nitrogens with one attached hydrogen (secondary N) is 1. The maximum Gasteiger partial charge on any atom is 0.430 e. The van der Waals surface area contributed by atoms with E-state index in [9.17, 15) is 49.1 Å². The largest absolute Gasteiger partial charge is 0.465 e. The molecule has 7 nitrogen and oxygen atoms in total. The van der Waals surface area contributed by atoms with Crippen LogP contribution < -0.4 is 9.62 Å². The van der Waals surface area contributed by atoms with Crippen molar-refractivity contribution < 1.29 is 54.2 Å². The van der Waals surface area contributed by atoms with Crippen LogP contribution in [0.1, 0.15) is 17.5 Å². The van der Waals surface area contributed by atoms with E-state index in [1.165, 1.54) is 0 Å². The molecule has 0 radical (unpaired) electrons. The Labute approximate surface area is 193 Å². The molecule has 3 N–H and O–H groups in total. The summed E-state index contributed by atoms with van der Waals surface area (Å²) in [7, 11) is -4.57. The van der Waals surface area contributed by atoms with Crippen LogP contribution >= 0.6 is 0 Å². The number of alkyl halides is 6. The lowest BCUT2D eigenvalue weighted by molar-refractivity contribution is -0.376. The first-order chi connectivity index (χ1) is 16.0. The molecule has 0 fully saturated rings. The molecule has 1 atom stereocenters. The number of carboxylic acid groups (broad SMARTS) is 1. The van der Waals surface area contributed by atoms with Crippen LogP contribution in [-0.4, -0.2) is 49.7 Å². The molecule has 0 saturated carbocycles. The standard InChI is InChI=1S/C20H17F7N2O5S/c21-13-3-6-15(7-4-13)35(33,34)29-14(10-28-17(30)31)5-1-11-9-12(2-8-16(11)29)18(32,19(22,23)24)20(25,26)27/h2-4,6-9,14,28,32H,1,5,10H2,(H,30,31). The van der Waals surface area contributed by atoms with Gasteiger partial charge in [-0.05, 0) is 48.7 Å². The SMILES string of the molecule is O=C(O)NCC1CCc2cc(C(O)(C(F)(F)F)C(F)(F)F)ccc2N1S(=O)(=O)c1ccc(F)cc1. The molecular weight excluding hydrogens is 513 g/mol. The highest BCUT2D eigenvalue weighted by Crippen LogP contribution is 2.51. The smallest absolute Gasteiger partial charge is 0.430 e. The molecule has 0 spiro atoms. The summed E-state index contributed by atoms with van der Waals surface area (Å²) < 4.78 is 120. The lowest BCUT2D eigenvalue weighted by Crippen LogP contribution is -2.54. The Bertz CT molecular complexity index is 1200. The number of sulfonamides is 1. The van der Waals surface area contributed by atoms with Gasteiger partial charge in [-0.2, -0.15) is 26.3 Å². The molecule has 35 heavy (non-hydrogen) atoms. The van der Waals surface area contributed by atoms with Crippen LogP contribution in [0, 0.1) is 5.82 Å². The number of rotatable bonds is 5.